The maximum Gasteiger partial charge on any atom is 0.227 e. The van der Waals surface area contributed by atoms with Crippen molar-refractivity contribution in [2.24, 2.45) is 0 Å². The second kappa shape index (κ2) is 5.69. The zero-order chi connectivity index (χ0) is 13.8. The van der Waals surface area contributed by atoms with Gasteiger partial charge in [-0.05, 0) is 36.8 Å². The Labute approximate surface area is 111 Å². The van der Waals surface area contributed by atoms with Crippen molar-refractivity contribution in [3.05, 3.63) is 59.3 Å². The lowest BCUT2D eigenvalue weighted by atomic mass is 10.1. The molecule has 0 unspecified atom stereocenters. The predicted octanol–water partition coefficient (Wildman–Crippen LogP) is 2.93. The molecule has 3 nitrogen and oxygen atoms in total. The molecule has 0 spiro atoms. The molecule has 4 heteroatoms. The minimum Gasteiger partial charge on any atom is -0.464 e. The molecule has 0 saturated heterocycles. The van der Waals surface area contributed by atoms with Gasteiger partial charge < -0.3 is 9.32 Å². The van der Waals surface area contributed by atoms with Crippen molar-refractivity contribution in [3.63, 3.8) is 0 Å². The summed E-state index contributed by atoms with van der Waals surface area (Å²) in [6, 6.07) is 9.80. The van der Waals surface area contributed by atoms with E-state index in [1.807, 2.05) is 19.1 Å². The van der Waals surface area contributed by atoms with Gasteiger partial charge in [0, 0.05) is 7.05 Å². The van der Waals surface area contributed by atoms with E-state index in [0.717, 1.165) is 11.5 Å². The zero-order valence-electron chi connectivity index (χ0n) is 11.0. The van der Waals surface area contributed by atoms with Crippen LogP contribution in [-0.2, 0) is 17.8 Å². The van der Waals surface area contributed by atoms with E-state index in [2.05, 4.69) is 0 Å². The minimum absolute atomic E-state index is 0.0698. The van der Waals surface area contributed by atoms with Crippen molar-refractivity contribution < 1.29 is 13.6 Å². The molecule has 2 aromatic rings. The molecule has 0 fully saturated rings. The summed E-state index contributed by atoms with van der Waals surface area (Å²) < 4.78 is 18.4. The Morgan fingerprint density at radius 2 is 2.11 bits per heavy atom. The van der Waals surface area contributed by atoms with Crippen molar-refractivity contribution in [1.82, 2.24) is 4.90 Å². The van der Waals surface area contributed by atoms with E-state index in [-0.39, 0.29) is 18.1 Å². The van der Waals surface area contributed by atoms with Crippen LogP contribution >= 0.6 is 0 Å². The summed E-state index contributed by atoms with van der Waals surface area (Å²) in [6.45, 7) is 2.28. The molecule has 0 aliphatic rings. The van der Waals surface area contributed by atoms with E-state index >= 15 is 0 Å². The third-order valence-electron chi connectivity index (χ3n) is 2.86. The van der Waals surface area contributed by atoms with Gasteiger partial charge in [-0.3, -0.25) is 4.79 Å². The number of carbonyl (C=O) groups excluding carboxylic acids is 1. The van der Waals surface area contributed by atoms with Gasteiger partial charge in [0.1, 0.15) is 17.3 Å². The molecule has 0 bridgehead atoms. The lowest BCUT2D eigenvalue weighted by molar-refractivity contribution is -0.129. The highest BCUT2D eigenvalue weighted by Crippen LogP contribution is 2.10. The summed E-state index contributed by atoms with van der Waals surface area (Å²) in [5, 5.41) is 0. The van der Waals surface area contributed by atoms with Crippen LogP contribution in [-0.4, -0.2) is 17.9 Å². The Hall–Kier alpha value is -2.10. The number of nitrogens with zero attached hydrogens (tertiary/aromatic N) is 1. The summed E-state index contributed by atoms with van der Waals surface area (Å²) in [4.78, 5) is 13.6. The van der Waals surface area contributed by atoms with Gasteiger partial charge in [-0.25, -0.2) is 4.39 Å². The lowest BCUT2D eigenvalue weighted by Gasteiger charge is -2.15. The number of carbonyl (C=O) groups is 1. The highest BCUT2D eigenvalue weighted by Gasteiger charge is 2.12. The summed E-state index contributed by atoms with van der Waals surface area (Å²) in [7, 11) is 1.71. The van der Waals surface area contributed by atoms with Crippen molar-refractivity contribution >= 4 is 5.91 Å². The van der Waals surface area contributed by atoms with Crippen molar-refractivity contribution in [3.8, 4) is 0 Å². The average molecular weight is 261 g/mol. The fraction of sp³-hybridized carbons (Fsp3) is 0.267. The third kappa shape index (κ3) is 3.68. The van der Waals surface area contributed by atoms with Gasteiger partial charge in [0.15, 0.2) is 0 Å². The fourth-order valence-electron chi connectivity index (χ4n) is 1.85. The number of likely N-dealkylation sites (N-methyl/N-ethyl adjacent to an activating group) is 1. The van der Waals surface area contributed by atoms with E-state index < -0.39 is 0 Å². The summed E-state index contributed by atoms with van der Waals surface area (Å²) in [5.41, 5.74) is 0.674. The largest absolute Gasteiger partial charge is 0.464 e. The molecular formula is C15H16FNO2. The van der Waals surface area contributed by atoms with Crippen LogP contribution in [0.1, 0.15) is 17.1 Å². The quantitative estimate of drug-likeness (QED) is 0.847. The molecule has 0 atom stereocenters. The van der Waals surface area contributed by atoms with Crippen LogP contribution in [0.5, 0.6) is 0 Å². The molecule has 1 aromatic heterocycles. The molecule has 0 N–H and O–H groups in total. The van der Waals surface area contributed by atoms with Gasteiger partial charge in [0.25, 0.3) is 0 Å². The molecule has 0 radical (unpaired) electrons. The molecule has 100 valence electrons. The number of aryl methyl sites for hydroxylation is 1. The van der Waals surface area contributed by atoms with Crippen LogP contribution < -0.4 is 0 Å². The maximum atomic E-state index is 13.0. The SMILES string of the molecule is Cc1ccc(CN(C)C(=O)Cc2cccc(F)c2)o1. The van der Waals surface area contributed by atoms with Gasteiger partial charge in [0.2, 0.25) is 5.91 Å². The first kappa shape index (κ1) is 13.3. The predicted molar refractivity (Wildman–Crippen MR) is 70.0 cm³/mol. The number of hydrogen-bond donors (Lipinski definition) is 0. The molecular weight excluding hydrogens is 245 g/mol. The first-order valence-electron chi connectivity index (χ1n) is 6.08. The average Bonchev–Trinajstić information content (AvgIpc) is 2.74. The highest BCUT2D eigenvalue weighted by molar-refractivity contribution is 5.78. The molecule has 0 saturated carbocycles. The Morgan fingerprint density at radius 1 is 1.32 bits per heavy atom. The van der Waals surface area contributed by atoms with E-state index in [1.165, 1.54) is 12.1 Å². The smallest absolute Gasteiger partial charge is 0.227 e. The van der Waals surface area contributed by atoms with Crippen LogP contribution in [0.2, 0.25) is 0 Å². The molecule has 0 aliphatic carbocycles. The molecule has 1 aromatic carbocycles. The maximum absolute atomic E-state index is 13.0. The van der Waals surface area contributed by atoms with E-state index in [0.29, 0.717) is 12.1 Å². The van der Waals surface area contributed by atoms with Crippen LogP contribution in [0.4, 0.5) is 4.39 Å². The number of benzene rings is 1. The van der Waals surface area contributed by atoms with Gasteiger partial charge >= 0.3 is 0 Å². The number of amides is 1. The molecule has 1 heterocycles. The van der Waals surface area contributed by atoms with Crippen LogP contribution in [0.15, 0.2) is 40.8 Å². The van der Waals surface area contributed by atoms with Crippen molar-refractivity contribution in [2.45, 2.75) is 19.9 Å². The number of hydrogen-bond acceptors (Lipinski definition) is 2. The highest BCUT2D eigenvalue weighted by atomic mass is 19.1. The lowest BCUT2D eigenvalue weighted by Crippen LogP contribution is -2.27. The van der Waals surface area contributed by atoms with Crippen molar-refractivity contribution in [1.29, 1.82) is 0 Å². The molecule has 19 heavy (non-hydrogen) atoms. The van der Waals surface area contributed by atoms with Crippen LogP contribution in [0, 0.1) is 12.7 Å². The number of furan rings is 1. The first-order valence-corrected chi connectivity index (χ1v) is 6.08. The van der Waals surface area contributed by atoms with Crippen LogP contribution in [0.25, 0.3) is 0 Å². The van der Waals surface area contributed by atoms with Gasteiger partial charge in [-0.15, -0.1) is 0 Å². The standard InChI is InChI=1S/C15H16FNO2/c1-11-6-7-14(19-11)10-17(2)15(18)9-12-4-3-5-13(16)8-12/h3-8H,9-10H2,1-2H3. The second-order valence-corrected chi connectivity index (χ2v) is 4.57. The van der Waals surface area contributed by atoms with E-state index in [1.54, 1.807) is 24.1 Å². The van der Waals surface area contributed by atoms with E-state index in [4.69, 9.17) is 4.42 Å². The van der Waals surface area contributed by atoms with Crippen LogP contribution in [0.3, 0.4) is 0 Å². The molecule has 0 aliphatic heterocycles. The fourth-order valence-corrected chi connectivity index (χ4v) is 1.85. The van der Waals surface area contributed by atoms with Gasteiger partial charge in [0.05, 0.1) is 13.0 Å². The van der Waals surface area contributed by atoms with E-state index in [9.17, 15) is 9.18 Å². The monoisotopic (exact) mass is 261 g/mol. The number of rotatable bonds is 4. The van der Waals surface area contributed by atoms with Gasteiger partial charge in [-0.2, -0.15) is 0 Å². The summed E-state index contributed by atoms with van der Waals surface area (Å²) in [6.07, 6.45) is 0.188. The Morgan fingerprint density at radius 3 is 2.74 bits per heavy atom. The zero-order valence-corrected chi connectivity index (χ0v) is 11.0. The summed E-state index contributed by atoms with van der Waals surface area (Å²) >= 11 is 0. The third-order valence-corrected chi connectivity index (χ3v) is 2.86. The Bertz CT molecular complexity index is 577. The van der Waals surface area contributed by atoms with Crippen molar-refractivity contribution in [2.75, 3.05) is 7.05 Å². The Balaban J connectivity index is 1.96. The summed E-state index contributed by atoms with van der Waals surface area (Å²) in [5.74, 6) is 1.17. The minimum atomic E-state index is -0.324. The van der Waals surface area contributed by atoms with Gasteiger partial charge in [-0.1, -0.05) is 12.1 Å². The Kier molecular flexibility index (Phi) is 4.00. The molecule has 2 rings (SSSR count). The topological polar surface area (TPSA) is 33.5 Å². The molecule has 1 amide bonds. The number of halogens is 1. The normalized spacial score (nSPS) is 10.5. The second-order valence-electron chi connectivity index (χ2n) is 4.57. The first-order chi connectivity index (χ1) is 9.04.